The molecule has 0 aliphatic carbocycles. The first-order chi connectivity index (χ1) is 15.3. The molecule has 0 unspecified atom stereocenters. The second-order valence-electron chi connectivity index (χ2n) is 6.63. The Morgan fingerprint density at radius 1 is 1.06 bits per heavy atom. The smallest absolute Gasteiger partial charge is 0.416 e. The van der Waals surface area contributed by atoms with E-state index in [2.05, 4.69) is 10.5 Å². The number of nitrogens with zero attached hydrogens (tertiary/aromatic N) is 1. The lowest BCUT2D eigenvalue weighted by molar-refractivity contribution is -0.137. The van der Waals surface area contributed by atoms with Gasteiger partial charge in [-0.1, -0.05) is 29.4 Å². The Bertz CT molecular complexity index is 1300. The first-order valence-electron chi connectivity index (χ1n) is 9.09. The van der Waals surface area contributed by atoms with Crippen LogP contribution in [0.25, 0.3) is 22.4 Å². The van der Waals surface area contributed by atoms with Crippen molar-refractivity contribution in [2.45, 2.75) is 6.18 Å². The van der Waals surface area contributed by atoms with Crippen LogP contribution in [-0.2, 0) is 6.18 Å². The molecule has 32 heavy (non-hydrogen) atoms. The number of thiophene rings is 1. The van der Waals surface area contributed by atoms with Gasteiger partial charge in [0, 0.05) is 22.1 Å². The standard InChI is InChI=1S/C22H13F3N2O4S/c23-22(24,25)14-5-3-4-12(10-14)19(28)26-20-17(15-6-1-2-7-16(15)21(29)30)18(27-31-20)13-8-9-32-11-13/h1-11H,(H,26,28)(H,29,30). The number of carboxylic acids is 1. The van der Waals surface area contributed by atoms with Gasteiger partial charge in [-0.15, -0.1) is 0 Å². The highest BCUT2D eigenvalue weighted by atomic mass is 32.1. The van der Waals surface area contributed by atoms with Gasteiger partial charge < -0.3 is 9.63 Å². The monoisotopic (exact) mass is 458 g/mol. The number of carbonyl (C=O) groups is 2. The van der Waals surface area contributed by atoms with Crippen LogP contribution in [0, 0.1) is 0 Å². The Labute approximate surface area is 182 Å². The number of carbonyl (C=O) groups excluding carboxylic acids is 1. The summed E-state index contributed by atoms with van der Waals surface area (Å²) in [5.74, 6) is -2.24. The number of halogens is 3. The lowest BCUT2D eigenvalue weighted by Gasteiger charge is -2.10. The number of rotatable bonds is 5. The van der Waals surface area contributed by atoms with Gasteiger partial charge >= 0.3 is 12.1 Å². The Morgan fingerprint density at radius 2 is 1.84 bits per heavy atom. The molecule has 0 spiro atoms. The fourth-order valence-corrected chi connectivity index (χ4v) is 3.76. The summed E-state index contributed by atoms with van der Waals surface area (Å²) in [6.45, 7) is 0. The summed E-state index contributed by atoms with van der Waals surface area (Å²) in [6.07, 6.45) is -4.61. The third-order valence-electron chi connectivity index (χ3n) is 4.59. The van der Waals surface area contributed by atoms with Crippen molar-refractivity contribution in [3.05, 3.63) is 82.0 Å². The van der Waals surface area contributed by atoms with Crippen molar-refractivity contribution in [2.24, 2.45) is 0 Å². The topological polar surface area (TPSA) is 92.4 Å². The largest absolute Gasteiger partial charge is 0.478 e. The maximum Gasteiger partial charge on any atom is 0.416 e. The Balaban J connectivity index is 1.80. The van der Waals surface area contributed by atoms with Crippen LogP contribution < -0.4 is 5.32 Å². The minimum atomic E-state index is -4.61. The number of alkyl halides is 3. The van der Waals surface area contributed by atoms with Crippen molar-refractivity contribution in [3.8, 4) is 22.4 Å². The zero-order valence-corrected chi connectivity index (χ0v) is 16.8. The molecule has 10 heteroatoms. The first-order valence-corrected chi connectivity index (χ1v) is 10.0. The quantitative estimate of drug-likeness (QED) is 0.380. The summed E-state index contributed by atoms with van der Waals surface area (Å²) in [5, 5.41) is 19.6. The van der Waals surface area contributed by atoms with Crippen molar-refractivity contribution in [1.29, 1.82) is 0 Å². The highest BCUT2D eigenvalue weighted by Gasteiger charge is 2.31. The molecule has 2 N–H and O–H groups in total. The summed E-state index contributed by atoms with van der Waals surface area (Å²) in [4.78, 5) is 24.5. The molecular weight excluding hydrogens is 445 g/mol. The second kappa shape index (κ2) is 8.31. The molecule has 0 atom stereocenters. The Kier molecular flexibility index (Phi) is 5.54. The number of amides is 1. The van der Waals surface area contributed by atoms with E-state index in [0.717, 1.165) is 18.2 Å². The van der Waals surface area contributed by atoms with Crippen LogP contribution in [0.2, 0.25) is 0 Å². The van der Waals surface area contributed by atoms with Crippen molar-refractivity contribution in [3.63, 3.8) is 0 Å². The van der Waals surface area contributed by atoms with Crippen molar-refractivity contribution >= 4 is 29.1 Å². The number of hydrogen-bond donors (Lipinski definition) is 2. The van der Waals surface area contributed by atoms with E-state index in [-0.39, 0.29) is 28.1 Å². The maximum absolute atomic E-state index is 13.0. The molecule has 1 amide bonds. The average Bonchev–Trinajstić information content (AvgIpc) is 3.43. The molecule has 0 fully saturated rings. The minimum Gasteiger partial charge on any atom is -0.478 e. The molecule has 162 valence electrons. The number of nitrogens with one attached hydrogen (secondary N) is 1. The first kappa shape index (κ1) is 21.3. The van der Waals surface area contributed by atoms with E-state index in [9.17, 15) is 27.9 Å². The summed E-state index contributed by atoms with van der Waals surface area (Å²) in [5.41, 5.74) is 0.0990. The zero-order chi connectivity index (χ0) is 22.9. The molecular formula is C22H13F3N2O4S. The molecule has 6 nitrogen and oxygen atoms in total. The Morgan fingerprint density at radius 3 is 2.53 bits per heavy atom. The van der Waals surface area contributed by atoms with Crippen LogP contribution in [0.3, 0.4) is 0 Å². The van der Waals surface area contributed by atoms with Gasteiger partial charge in [0.15, 0.2) is 0 Å². The van der Waals surface area contributed by atoms with Gasteiger partial charge in [0.05, 0.1) is 16.7 Å². The molecule has 2 heterocycles. The lowest BCUT2D eigenvalue weighted by Crippen LogP contribution is -2.14. The fraction of sp³-hybridized carbons (Fsp3) is 0.0455. The number of carboxylic acid groups (broad SMARTS) is 1. The summed E-state index contributed by atoms with van der Waals surface area (Å²) in [6, 6.07) is 11.8. The van der Waals surface area contributed by atoms with Gasteiger partial charge in [-0.05, 0) is 35.7 Å². The van der Waals surface area contributed by atoms with Gasteiger partial charge in [-0.2, -0.15) is 24.5 Å². The van der Waals surface area contributed by atoms with E-state index in [1.165, 1.54) is 29.5 Å². The van der Waals surface area contributed by atoms with E-state index in [4.69, 9.17) is 4.52 Å². The van der Waals surface area contributed by atoms with Crippen LogP contribution in [0.1, 0.15) is 26.3 Å². The number of benzene rings is 2. The fourth-order valence-electron chi connectivity index (χ4n) is 3.12. The van der Waals surface area contributed by atoms with Crippen LogP contribution in [0.5, 0.6) is 0 Å². The van der Waals surface area contributed by atoms with Gasteiger partial charge in [0.2, 0.25) is 5.88 Å². The molecule has 2 aromatic heterocycles. The molecule has 0 saturated heterocycles. The predicted molar refractivity (Wildman–Crippen MR) is 112 cm³/mol. The van der Waals surface area contributed by atoms with E-state index in [0.29, 0.717) is 11.3 Å². The number of hydrogen-bond acceptors (Lipinski definition) is 5. The van der Waals surface area contributed by atoms with Crippen molar-refractivity contribution < 1.29 is 32.4 Å². The summed E-state index contributed by atoms with van der Waals surface area (Å²) < 4.78 is 44.3. The molecule has 4 rings (SSSR count). The zero-order valence-electron chi connectivity index (χ0n) is 16.0. The van der Waals surface area contributed by atoms with E-state index < -0.39 is 23.6 Å². The van der Waals surface area contributed by atoms with Gasteiger partial charge in [-0.25, -0.2) is 4.79 Å². The van der Waals surface area contributed by atoms with Gasteiger partial charge in [0.25, 0.3) is 5.91 Å². The van der Waals surface area contributed by atoms with Crippen LogP contribution >= 0.6 is 11.3 Å². The van der Waals surface area contributed by atoms with E-state index in [1.807, 2.05) is 0 Å². The third-order valence-corrected chi connectivity index (χ3v) is 5.28. The minimum absolute atomic E-state index is 0.0539. The average molecular weight is 458 g/mol. The van der Waals surface area contributed by atoms with Gasteiger partial charge in [0.1, 0.15) is 5.69 Å². The molecule has 0 radical (unpaired) electrons. The summed E-state index contributed by atoms with van der Waals surface area (Å²) >= 11 is 1.38. The molecule has 2 aromatic carbocycles. The van der Waals surface area contributed by atoms with Crippen molar-refractivity contribution in [2.75, 3.05) is 5.32 Å². The number of aromatic nitrogens is 1. The highest BCUT2D eigenvalue weighted by Crippen LogP contribution is 2.40. The summed E-state index contributed by atoms with van der Waals surface area (Å²) in [7, 11) is 0. The van der Waals surface area contributed by atoms with E-state index in [1.54, 1.807) is 29.0 Å². The second-order valence-corrected chi connectivity index (χ2v) is 7.41. The van der Waals surface area contributed by atoms with Crippen LogP contribution in [0.15, 0.2) is 69.9 Å². The number of anilines is 1. The molecule has 0 saturated carbocycles. The predicted octanol–water partition coefficient (Wildman–Crippen LogP) is 6.04. The highest BCUT2D eigenvalue weighted by molar-refractivity contribution is 7.08. The van der Waals surface area contributed by atoms with Crippen LogP contribution in [0.4, 0.5) is 19.1 Å². The molecule has 4 aromatic rings. The molecule has 0 aliphatic heterocycles. The number of aromatic carboxylic acids is 1. The lowest BCUT2D eigenvalue weighted by atomic mass is 9.97. The molecule has 0 aliphatic rings. The van der Waals surface area contributed by atoms with Crippen LogP contribution in [-0.4, -0.2) is 22.1 Å². The van der Waals surface area contributed by atoms with Gasteiger partial charge in [-0.3, -0.25) is 10.1 Å². The van der Waals surface area contributed by atoms with Crippen molar-refractivity contribution in [1.82, 2.24) is 5.16 Å². The SMILES string of the molecule is O=C(Nc1onc(-c2ccsc2)c1-c1ccccc1C(=O)O)c1cccc(C(F)(F)F)c1. The molecule has 0 bridgehead atoms. The maximum atomic E-state index is 13.0. The normalized spacial score (nSPS) is 11.3. The van der Waals surface area contributed by atoms with E-state index >= 15 is 0 Å². The third kappa shape index (κ3) is 4.12. The Hall–Kier alpha value is -3.92.